The molecular weight excluding hydrogens is 476 g/mol. The van der Waals surface area contributed by atoms with Crippen LogP contribution in [0.15, 0.2) is 74.5 Å². The molecule has 4 rings (SSSR count). The Balaban J connectivity index is 1.56. The molecule has 3 aromatic carbocycles. The number of ether oxygens (including phenoxy) is 2. The molecule has 0 saturated heterocycles. The van der Waals surface area contributed by atoms with Gasteiger partial charge in [-0.1, -0.05) is 34.1 Å². The number of nitrogens with one attached hydrogen (secondary N) is 1. The van der Waals surface area contributed by atoms with Crippen LogP contribution in [-0.4, -0.2) is 31.4 Å². The second-order valence-corrected chi connectivity index (χ2v) is 7.71. The van der Waals surface area contributed by atoms with Gasteiger partial charge in [-0.3, -0.25) is 9.79 Å². The number of hydrogen-bond acceptors (Lipinski definition) is 6. The van der Waals surface area contributed by atoms with E-state index < -0.39 is 0 Å². The number of hydrogen-bond donors (Lipinski definition) is 2. The Morgan fingerprint density at radius 1 is 1.06 bits per heavy atom. The molecule has 2 N–H and O–H groups in total. The lowest BCUT2D eigenvalue weighted by Gasteiger charge is -2.10. The Morgan fingerprint density at radius 3 is 2.59 bits per heavy atom. The summed E-state index contributed by atoms with van der Waals surface area (Å²) in [5.41, 5.74) is 2.17. The molecule has 0 bridgehead atoms. The van der Waals surface area contributed by atoms with Crippen LogP contribution in [-0.2, 0) is 0 Å². The van der Waals surface area contributed by atoms with Gasteiger partial charge in [0.15, 0.2) is 17.3 Å². The molecule has 1 heterocycles. The van der Waals surface area contributed by atoms with E-state index in [1.54, 1.807) is 42.5 Å². The summed E-state index contributed by atoms with van der Waals surface area (Å²) in [7, 11) is 2.98. The number of methoxy groups -OCH3 is 2. The minimum absolute atomic E-state index is 0.0128. The predicted octanol–water partition coefficient (Wildman–Crippen LogP) is 5.92. The summed E-state index contributed by atoms with van der Waals surface area (Å²) >= 11 is 3.38. The molecule has 162 valence electrons. The number of benzene rings is 3. The SMILES string of the molecule is COc1cc(N=Cc2cc(Br)cc(OC)c2O)ccc1NC(=O)c1cc2ccccc2o1. The number of amides is 1. The van der Waals surface area contributed by atoms with Gasteiger partial charge in [0.05, 0.1) is 25.6 Å². The molecule has 7 nitrogen and oxygen atoms in total. The average molecular weight is 495 g/mol. The number of furan rings is 1. The van der Waals surface area contributed by atoms with Gasteiger partial charge in [0.2, 0.25) is 0 Å². The summed E-state index contributed by atoms with van der Waals surface area (Å²) in [6, 6.07) is 17.6. The molecule has 0 radical (unpaired) electrons. The second kappa shape index (κ2) is 9.15. The first-order valence-electron chi connectivity index (χ1n) is 9.57. The molecule has 0 aliphatic rings. The van der Waals surface area contributed by atoms with Gasteiger partial charge in [-0.05, 0) is 36.4 Å². The highest BCUT2D eigenvalue weighted by Gasteiger charge is 2.15. The highest BCUT2D eigenvalue weighted by molar-refractivity contribution is 9.10. The van der Waals surface area contributed by atoms with Gasteiger partial charge in [-0.2, -0.15) is 0 Å². The highest BCUT2D eigenvalue weighted by Crippen LogP contribution is 2.34. The zero-order chi connectivity index (χ0) is 22.7. The van der Waals surface area contributed by atoms with Crippen molar-refractivity contribution in [2.75, 3.05) is 19.5 Å². The topological polar surface area (TPSA) is 93.3 Å². The van der Waals surface area contributed by atoms with Crippen LogP contribution >= 0.6 is 15.9 Å². The summed E-state index contributed by atoms with van der Waals surface area (Å²) in [5, 5.41) is 13.9. The molecule has 0 aliphatic carbocycles. The monoisotopic (exact) mass is 494 g/mol. The van der Waals surface area contributed by atoms with E-state index in [1.165, 1.54) is 20.4 Å². The summed E-state index contributed by atoms with van der Waals surface area (Å²) < 4.78 is 16.9. The number of phenols is 1. The van der Waals surface area contributed by atoms with E-state index in [-0.39, 0.29) is 17.4 Å². The molecule has 1 aromatic heterocycles. The molecule has 4 aromatic rings. The molecular formula is C24H19BrN2O5. The van der Waals surface area contributed by atoms with Crippen LogP contribution in [0.4, 0.5) is 11.4 Å². The summed E-state index contributed by atoms with van der Waals surface area (Å²) in [5.74, 6) is 0.569. The number of carbonyl (C=O) groups is 1. The fraction of sp³-hybridized carbons (Fsp3) is 0.0833. The van der Waals surface area contributed by atoms with Crippen molar-refractivity contribution < 1.29 is 23.8 Å². The van der Waals surface area contributed by atoms with Crippen LogP contribution in [0.5, 0.6) is 17.2 Å². The molecule has 0 unspecified atom stereocenters. The van der Waals surface area contributed by atoms with E-state index in [4.69, 9.17) is 13.9 Å². The van der Waals surface area contributed by atoms with Crippen molar-refractivity contribution in [1.82, 2.24) is 0 Å². The van der Waals surface area contributed by atoms with Crippen molar-refractivity contribution in [1.29, 1.82) is 0 Å². The first-order valence-corrected chi connectivity index (χ1v) is 10.4. The van der Waals surface area contributed by atoms with E-state index >= 15 is 0 Å². The number of carbonyl (C=O) groups excluding carboxylic acids is 1. The Hall–Kier alpha value is -3.78. The normalized spacial score (nSPS) is 11.1. The van der Waals surface area contributed by atoms with Crippen LogP contribution < -0.4 is 14.8 Å². The van der Waals surface area contributed by atoms with Crippen molar-refractivity contribution in [3.8, 4) is 17.2 Å². The minimum Gasteiger partial charge on any atom is -0.504 e. The zero-order valence-corrected chi connectivity index (χ0v) is 18.8. The maximum atomic E-state index is 12.6. The number of nitrogens with zero attached hydrogens (tertiary/aromatic N) is 1. The smallest absolute Gasteiger partial charge is 0.291 e. The quantitative estimate of drug-likeness (QED) is 0.324. The zero-order valence-electron chi connectivity index (χ0n) is 17.3. The van der Waals surface area contributed by atoms with Gasteiger partial charge in [-0.15, -0.1) is 0 Å². The molecule has 0 fully saturated rings. The Labute approximate surface area is 192 Å². The maximum Gasteiger partial charge on any atom is 0.291 e. The molecule has 32 heavy (non-hydrogen) atoms. The van der Waals surface area contributed by atoms with Gasteiger partial charge in [0, 0.05) is 27.7 Å². The van der Waals surface area contributed by atoms with Crippen molar-refractivity contribution in [2.45, 2.75) is 0 Å². The fourth-order valence-electron chi connectivity index (χ4n) is 3.13. The lowest BCUT2D eigenvalue weighted by molar-refractivity contribution is 0.0998. The summed E-state index contributed by atoms with van der Waals surface area (Å²) in [4.78, 5) is 17.0. The van der Waals surface area contributed by atoms with Crippen molar-refractivity contribution in [3.05, 3.63) is 76.5 Å². The van der Waals surface area contributed by atoms with Crippen molar-refractivity contribution in [2.24, 2.45) is 4.99 Å². The third-order valence-corrected chi connectivity index (χ3v) is 5.18. The van der Waals surface area contributed by atoms with Gasteiger partial charge < -0.3 is 24.3 Å². The Morgan fingerprint density at radius 2 is 1.84 bits per heavy atom. The number of halogens is 1. The van der Waals surface area contributed by atoms with Gasteiger partial charge in [0.1, 0.15) is 11.3 Å². The predicted molar refractivity (Wildman–Crippen MR) is 127 cm³/mol. The molecule has 8 heteroatoms. The molecule has 0 aliphatic heterocycles. The number of anilines is 1. The average Bonchev–Trinajstić information content (AvgIpc) is 3.24. The fourth-order valence-corrected chi connectivity index (χ4v) is 3.59. The van der Waals surface area contributed by atoms with Crippen LogP contribution in [0.3, 0.4) is 0 Å². The van der Waals surface area contributed by atoms with E-state index in [1.807, 2.05) is 18.2 Å². The summed E-state index contributed by atoms with van der Waals surface area (Å²) in [6.07, 6.45) is 1.52. The third-order valence-electron chi connectivity index (χ3n) is 4.72. The Bertz CT molecular complexity index is 1300. The number of fused-ring (bicyclic) bond motifs is 1. The number of rotatable bonds is 6. The van der Waals surface area contributed by atoms with Crippen LogP contribution in [0.2, 0.25) is 0 Å². The molecule has 0 atom stereocenters. The van der Waals surface area contributed by atoms with Crippen molar-refractivity contribution in [3.63, 3.8) is 0 Å². The van der Waals surface area contributed by atoms with E-state index in [0.29, 0.717) is 34.0 Å². The standard InChI is InChI=1S/C24H19BrN2O5/c1-30-20-12-17(26-13-15-9-16(25)11-21(31-2)23(15)28)7-8-18(20)27-24(29)22-10-14-5-3-4-6-19(14)32-22/h3-13,28H,1-2H3,(H,27,29). The van der Waals surface area contributed by atoms with Gasteiger partial charge in [0.25, 0.3) is 5.91 Å². The lowest BCUT2D eigenvalue weighted by Crippen LogP contribution is -2.11. The number of aliphatic imine (C=N–C) groups is 1. The lowest BCUT2D eigenvalue weighted by atomic mass is 10.2. The van der Waals surface area contributed by atoms with Gasteiger partial charge in [-0.25, -0.2) is 0 Å². The van der Waals surface area contributed by atoms with E-state index in [9.17, 15) is 9.90 Å². The van der Waals surface area contributed by atoms with Crippen LogP contribution in [0.1, 0.15) is 16.1 Å². The van der Waals surface area contributed by atoms with Crippen LogP contribution in [0.25, 0.3) is 11.0 Å². The molecule has 0 spiro atoms. The largest absolute Gasteiger partial charge is 0.504 e. The first-order chi connectivity index (χ1) is 15.5. The second-order valence-electron chi connectivity index (χ2n) is 6.79. The maximum absolute atomic E-state index is 12.6. The number of phenolic OH excluding ortho intramolecular Hbond substituents is 1. The van der Waals surface area contributed by atoms with Crippen LogP contribution in [0, 0.1) is 0 Å². The first kappa shape index (κ1) is 21.5. The minimum atomic E-state index is -0.387. The Kier molecular flexibility index (Phi) is 6.13. The number of aromatic hydroxyl groups is 1. The third kappa shape index (κ3) is 4.45. The van der Waals surface area contributed by atoms with E-state index in [2.05, 4.69) is 26.2 Å². The van der Waals surface area contributed by atoms with E-state index in [0.717, 1.165) is 9.86 Å². The molecule has 1 amide bonds. The highest BCUT2D eigenvalue weighted by atomic mass is 79.9. The summed E-state index contributed by atoms with van der Waals surface area (Å²) in [6.45, 7) is 0. The van der Waals surface area contributed by atoms with Crippen molar-refractivity contribution >= 4 is 50.4 Å². The number of para-hydroxylation sites is 1. The van der Waals surface area contributed by atoms with Gasteiger partial charge >= 0.3 is 0 Å². The molecule has 0 saturated carbocycles.